The molecule has 0 spiro atoms. The molecule has 0 saturated heterocycles. The number of aryl methyl sites for hydroxylation is 1. The first-order valence-electron chi connectivity index (χ1n) is 11.8. The Bertz CT molecular complexity index is 717. The van der Waals surface area contributed by atoms with E-state index >= 15 is 0 Å². The van der Waals surface area contributed by atoms with Crippen LogP contribution < -0.4 is 10.1 Å². The van der Waals surface area contributed by atoms with Crippen LogP contribution in [0.3, 0.4) is 0 Å². The predicted molar refractivity (Wildman–Crippen MR) is 126 cm³/mol. The summed E-state index contributed by atoms with van der Waals surface area (Å²) in [5.74, 6) is 0.361. The van der Waals surface area contributed by atoms with Crippen molar-refractivity contribution in [2.75, 3.05) is 27.4 Å². The zero-order valence-electron chi connectivity index (χ0n) is 20.5. The first-order chi connectivity index (χ1) is 15.2. The summed E-state index contributed by atoms with van der Waals surface area (Å²) in [7, 11) is 3.29. The van der Waals surface area contributed by atoms with E-state index in [9.17, 15) is 9.59 Å². The van der Waals surface area contributed by atoms with Gasteiger partial charge in [-0.2, -0.15) is 0 Å². The van der Waals surface area contributed by atoms with E-state index in [2.05, 4.69) is 17.4 Å². The molecular weight excluding hydrogens is 406 g/mol. The van der Waals surface area contributed by atoms with E-state index in [1.807, 2.05) is 32.9 Å². The largest absolute Gasteiger partial charge is 0.497 e. The molecule has 1 aliphatic carbocycles. The van der Waals surface area contributed by atoms with Gasteiger partial charge in [-0.25, -0.2) is 0 Å². The summed E-state index contributed by atoms with van der Waals surface area (Å²) in [4.78, 5) is 26.1. The van der Waals surface area contributed by atoms with Crippen molar-refractivity contribution in [2.24, 2.45) is 11.3 Å². The van der Waals surface area contributed by atoms with E-state index in [0.29, 0.717) is 26.0 Å². The second-order valence-corrected chi connectivity index (χ2v) is 9.91. The Hall–Kier alpha value is -2.08. The third kappa shape index (κ3) is 8.12. The van der Waals surface area contributed by atoms with Crippen molar-refractivity contribution < 1.29 is 23.8 Å². The minimum absolute atomic E-state index is 0.0794. The summed E-state index contributed by atoms with van der Waals surface area (Å²) < 4.78 is 16.1. The van der Waals surface area contributed by atoms with E-state index in [1.165, 1.54) is 5.56 Å². The molecule has 0 bridgehead atoms. The molecule has 1 fully saturated rings. The summed E-state index contributed by atoms with van der Waals surface area (Å²) in [6, 6.07) is 8.03. The number of hydrogen-bond acceptors (Lipinski definition) is 5. The quantitative estimate of drug-likeness (QED) is 0.372. The molecule has 1 N–H and O–H groups in total. The third-order valence-corrected chi connectivity index (χ3v) is 6.18. The number of benzene rings is 1. The lowest BCUT2D eigenvalue weighted by Crippen LogP contribution is -2.43. The fourth-order valence-corrected chi connectivity index (χ4v) is 4.47. The molecular formula is C26H41NO5. The van der Waals surface area contributed by atoms with Gasteiger partial charge >= 0.3 is 5.97 Å². The van der Waals surface area contributed by atoms with Gasteiger partial charge in [-0.05, 0) is 77.0 Å². The molecule has 32 heavy (non-hydrogen) atoms. The normalized spacial score (nSPS) is 16.4. The van der Waals surface area contributed by atoms with Gasteiger partial charge in [0.15, 0.2) is 0 Å². The highest BCUT2D eigenvalue weighted by Crippen LogP contribution is 2.44. The maximum Gasteiger partial charge on any atom is 0.309 e. The number of rotatable bonds is 12. The zero-order valence-corrected chi connectivity index (χ0v) is 20.5. The van der Waals surface area contributed by atoms with Gasteiger partial charge in [0, 0.05) is 25.7 Å². The van der Waals surface area contributed by atoms with Crippen LogP contribution in [0.4, 0.5) is 0 Å². The Kier molecular flexibility index (Phi) is 10.0. The van der Waals surface area contributed by atoms with Gasteiger partial charge in [0.2, 0.25) is 5.91 Å². The Morgan fingerprint density at radius 2 is 1.75 bits per heavy atom. The van der Waals surface area contributed by atoms with Crippen LogP contribution in [-0.2, 0) is 25.5 Å². The topological polar surface area (TPSA) is 73.9 Å². The van der Waals surface area contributed by atoms with Crippen LogP contribution in [0.25, 0.3) is 0 Å². The van der Waals surface area contributed by atoms with Crippen molar-refractivity contribution in [3.63, 3.8) is 0 Å². The van der Waals surface area contributed by atoms with Gasteiger partial charge in [-0.15, -0.1) is 0 Å². The van der Waals surface area contributed by atoms with E-state index in [0.717, 1.165) is 44.3 Å². The highest BCUT2D eigenvalue weighted by molar-refractivity contribution is 5.84. The summed E-state index contributed by atoms with van der Waals surface area (Å²) >= 11 is 0. The van der Waals surface area contributed by atoms with Crippen LogP contribution in [0.5, 0.6) is 5.75 Å². The lowest BCUT2D eigenvalue weighted by Gasteiger charge is -2.32. The van der Waals surface area contributed by atoms with Crippen LogP contribution >= 0.6 is 0 Å². The molecule has 0 aliphatic heterocycles. The Morgan fingerprint density at radius 1 is 1.09 bits per heavy atom. The lowest BCUT2D eigenvalue weighted by molar-refractivity contribution is -0.162. The lowest BCUT2D eigenvalue weighted by atomic mass is 9.76. The monoisotopic (exact) mass is 447 g/mol. The number of carbonyl (C=O) groups excluding carboxylic acids is 2. The summed E-state index contributed by atoms with van der Waals surface area (Å²) in [6.07, 6.45) is 6.54. The minimum atomic E-state index is -0.547. The molecule has 1 aliphatic rings. The van der Waals surface area contributed by atoms with Crippen LogP contribution in [0.1, 0.15) is 71.3 Å². The van der Waals surface area contributed by atoms with Crippen LogP contribution in [0.2, 0.25) is 0 Å². The fraction of sp³-hybridized carbons (Fsp3) is 0.692. The zero-order chi connectivity index (χ0) is 23.6. The minimum Gasteiger partial charge on any atom is -0.497 e. The molecule has 180 valence electrons. The Balaban J connectivity index is 1.95. The number of hydrogen-bond donors (Lipinski definition) is 1. The number of methoxy groups -OCH3 is 2. The molecule has 2 rings (SSSR count). The predicted octanol–water partition coefficient (Wildman–Crippen LogP) is 4.69. The van der Waals surface area contributed by atoms with E-state index in [4.69, 9.17) is 14.2 Å². The second kappa shape index (κ2) is 12.2. The number of amides is 1. The standard InChI is InChI=1S/C26H41NO5/c1-25(2,3)32-23(28)21(14-18-30-4)19-26(15-6-7-16-26)24(29)27-17-8-9-20-10-12-22(31-5)13-11-20/h10-13,21H,6-9,14-19H2,1-5H3,(H,27,29). The van der Waals surface area contributed by atoms with E-state index < -0.39 is 11.0 Å². The van der Waals surface area contributed by atoms with Gasteiger partial charge in [-0.3, -0.25) is 9.59 Å². The van der Waals surface area contributed by atoms with Gasteiger partial charge in [-0.1, -0.05) is 25.0 Å². The first-order valence-corrected chi connectivity index (χ1v) is 11.8. The molecule has 1 aromatic rings. The average molecular weight is 448 g/mol. The Labute approximate surface area is 193 Å². The van der Waals surface area contributed by atoms with Crippen molar-refractivity contribution in [3.05, 3.63) is 29.8 Å². The highest BCUT2D eigenvalue weighted by atomic mass is 16.6. The van der Waals surface area contributed by atoms with Gasteiger partial charge in [0.1, 0.15) is 11.4 Å². The summed E-state index contributed by atoms with van der Waals surface area (Å²) in [6.45, 7) is 6.72. The number of ether oxygens (including phenoxy) is 3. The number of esters is 1. The fourth-order valence-electron chi connectivity index (χ4n) is 4.47. The molecule has 6 heteroatoms. The number of carbonyl (C=O) groups is 2. The van der Waals surface area contributed by atoms with Crippen molar-refractivity contribution >= 4 is 11.9 Å². The van der Waals surface area contributed by atoms with Gasteiger partial charge in [0.25, 0.3) is 0 Å². The molecule has 6 nitrogen and oxygen atoms in total. The molecule has 1 unspecified atom stereocenters. The highest BCUT2D eigenvalue weighted by Gasteiger charge is 2.44. The maximum atomic E-state index is 13.3. The Morgan fingerprint density at radius 3 is 2.31 bits per heavy atom. The van der Waals surface area contributed by atoms with Gasteiger partial charge in [0.05, 0.1) is 13.0 Å². The molecule has 1 aromatic carbocycles. The third-order valence-electron chi connectivity index (χ3n) is 6.18. The van der Waals surface area contributed by atoms with Crippen molar-refractivity contribution in [3.8, 4) is 5.75 Å². The SMILES string of the molecule is COCCC(CC1(C(=O)NCCCc2ccc(OC)cc2)CCCC1)C(=O)OC(C)(C)C. The number of nitrogens with one attached hydrogen (secondary N) is 1. The molecule has 0 aromatic heterocycles. The van der Waals surface area contributed by atoms with Crippen molar-refractivity contribution in [1.29, 1.82) is 0 Å². The maximum absolute atomic E-state index is 13.3. The van der Waals surface area contributed by atoms with Crippen LogP contribution in [0, 0.1) is 11.3 Å². The van der Waals surface area contributed by atoms with E-state index in [1.54, 1.807) is 14.2 Å². The van der Waals surface area contributed by atoms with Gasteiger partial charge < -0.3 is 19.5 Å². The van der Waals surface area contributed by atoms with Crippen LogP contribution in [0.15, 0.2) is 24.3 Å². The molecule has 0 radical (unpaired) electrons. The second-order valence-electron chi connectivity index (χ2n) is 9.91. The smallest absolute Gasteiger partial charge is 0.309 e. The van der Waals surface area contributed by atoms with Crippen LogP contribution in [-0.4, -0.2) is 44.8 Å². The molecule has 1 saturated carbocycles. The van der Waals surface area contributed by atoms with E-state index in [-0.39, 0.29) is 17.8 Å². The van der Waals surface area contributed by atoms with Crippen molar-refractivity contribution in [2.45, 2.75) is 77.7 Å². The van der Waals surface area contributed by atoms with Crippen molar-refractivity contribution in [1.82, 2.24) is 5.32 Å². The molecule has 0 heterocycles. The molecule has 1 amide bonds. The first kappa shape index (κ1) is 26.2. The average Bonchev–Trinajstić information content (AvgIpc) is 3.23. The summed E-state index contributed by atoms with van der Waals surface area (Å²) in [5.41, 5.74) is 0.185. The summed E-state index contributed by atoms with van der Waals surface area (Å²) in [5, 5.41) is 3.16. The molecule has 1 atom stereocenters.